The summed E-state index contributed by atoms with van der Waals surface area (Å²) in [5, 5.41) is 9.75. The van der Waals surface area contributed by atoms with Crippen molar-refractivity contribution in [3.05, 3.63) is 40.4 Å². The second kappa shape index (κ2) is 8.90. The first-order valence-electron chi connectivity index (χ1n) is 9.97. The van der Waals surface area contributed by atoms with E-state index >= 15 is 0 Å². The molecule has 1 aliphatic heterocycles. The second-order valence-corrected chi connectivity index (χ2v) is 9.34. The van der Waals surface area contributed by atoms with Gasteiger partial charge in [-0.25, -0.2) is 4.79 Å². The van der Waals surface area contributed by atoms with Gasteiger partial charge in [0.2, 0.25) is 0 Å². The van der Waals surface area contributed by atoms with Crippen LogP contribution in [0.25, 0.3) is 0 Å². The molecular formula is C21H29N5O2S. The highest BCUT2D eigenvalue weighted by Crippen LogP contribution is 2.24. The number of carbonyl (C=O) groups excluding carboxylic acids is 2. The molecule has 0 aliphatic carbocycles. The number of nitrogens with zero attached hydrogens (tertiary/aromatic N) is 3. The van der Waals surface area contributed by atoms with Crippen molar-refractivity contribution in [3.63, 3.8) is 0 Å². The number of aryl methyl sites for hydroxylation is 1. The van der Waals surface area contributed by atoms with Crippen LogP contribution < -0.4 is 10.6 Å². The third-order valence-corrected chi connectivity index (χ3v) is 6.12. The number of aromatic nitrogens is 2. The normalized spacial score (nSPS) is 15.2. The predicted molar refractivity (Wildman–Crippen MR) is 115 cm³/mol. The molecule has 8 heteroatoms. The molecule has 0 atom stereocenters. The van der Waals surface area contributed by atoms with Crippen LogP contribution in [0.1, 0.15) is 54.5 Å². The standard InChI is InChI=1S/C21H29N5O2S/c1-14-18(29-25-24-14)19(27)26-11-9-15(10-12-26)13-22-20(28)23-17-7-5-16(6-8-17)21(2,3)4/h5-8,15H,9-13H2,1-4H3,(H2,22,23,28). The van der Waals surface area contributed by atoms with Crippen molar-refractivity contribution in [1.82, 2.24) is 19.8 Å². The number of amides is 3. The first-order valence-corrected chi connectivity index (χ1v) is 10.7. The summed E-state index contributed by atoms with van der Waals surface area (Å²) in [4.78, 5) is 27.2. The molecule has 1 aromatic heterocycles. The fraction of sp³-hybridized carbons (Fsp3) is 0.524. The Morgan fingerprint density at radius 1 is 1.17 bits per heavy atom. The molecule has 1 aromatic carbocycles. The number of urea groups is 1. The van der Waals surface area contributed by atoms with E-state index in [0.717, 1.165) is 30.1 Å². The van der Waals surface area contributed by atoms with Gasteiger partial charge in [-0.2, -0.15) is 0 Å². The lowest BCUT2D eigenvalue weighted by Gasteiger charge is -2.31. The summed E-state index contributed by atoms with van der Waals surface area (Å²) < 4.78 is 3.84. The fourth-order valence-electron chi connectivity index (χ4n) is 3.38. The monoisotopic (exact) mass is 415 g/mol. The quantitative estimate of drug-likeness (QED) is 0.795. The van der Waals surface area contributed by atoms with Crippen LogP contribution in [0.15, 0.2) is 24.3 Å². The lowest BCUT2D eigenvalue weighted by atomic mass is 9.87. The maximum atomic E-state index is 12.5. The first-order chi connectivity index (χ1) is 13.7. The zero-order valence-electron chi connectivity index (χ0n) is 17.5. The van der Waals surface area contributed by atoms with Gasteiger partial charge in [0, 0.05) is 25.3 Å². The van der Waals surface area contributed by atoms with Gasteiger partial charge in [0.25, 0.3) is 5.91 Å². The molecule has 1 fully saturated rings. The molecule has 2 heterocycles. The number of hydrogen-bond donors (Lipinski definition) is 2. The predicted octanol–water partition coefficient (Wildman–Crippen LogP) is 3.82. The maximum Gasteiger partial charge on any atom is 0.319 e. The van der Waals surface area contributed by atoms with Gasteiger partial charge in [0.1, 0.15) is 4.88 Å². The fourth-order valence-corrected chi connectivity index (χ4v) is 4.00. The average Bonchev–Trinajstić information content (AvgIpc) is 3.12. The van der Waals surface area contributed by atoms with Gasteiger partial charge in [-0.05, 0) is 60.3 Å². The Hall–Kier alpha value is -2.48. The van der Waals surface area contributed by atoms with Crippen molar-refractivity contribution in [2.45, 2.75) is 46.0 Å². The zero-order chi connectivity index (χ0) is 21.0. The van der Waals surface area contributed by atoms with Crippen LogP contribution in [0.5, 0.6) is 0 Å². The summed E-state index contributed by atoms with van der Waals surface area (Å²) in [5.41, 5.74) is 2.79. The van der Waals surface area contributed by atoms with Gasteiger partial charge in [-0.1, -0.05) is 37.4 Å². The number of anilines is 1. The van der Waals surface area contributed by atoms with Gasteiger partial charge >= 0.3 is 6.03 Å². The summed E-state index contributed by atoms with van der Waals surface area (Å²) in [7, 11) is 0. The van der Waals surface area contributed by atoms with Crippen LogP contribution in [0.3, 0.4) is 0 Å². The Morgan fingerprint density at radius 3 is 2.38 bits per heavy atom. The third kappa shape index (κ3) is 5.53. The van der Waals surface area contributed by atoms with Gasteiger partial charge in [0.05, 0.1) is 5.69 Å². The average molecular weight is 416 g/mol. The van der Waals surface area contributed by atoms with Crippen molar-refractivity contribution in [2.75, 3.05) is 25.0 Å². The largest absolute Gasteiger partial charge is 0.338 e. The van der Waals surface area contributed by atoms with E-state index in [2.05, 4.69) is 41.0 Å². The molecule has 0 unspecified atom stereocenters. The lowest BCUT2D eigenvalue weighted by molar-refractivity contribution is 0.0694. The van der Waals surface area contributed by atoms with Crippen molar-refractivity contribution in [1.29, 1.82) is 0 Å². The number of carbonyl (C=O) groups is 2. The van der Waals surface area contributed by atoms with E-state index < -0.39 is 0 Å². The SMILES string of the molecule is Cc1nnsc1C(=O)N1CCC(CNC(=O)Nc2ccc(C(C)(C)C)cc2)CC1. The van der Waals surface area contributed by atoms with Crippen molar-refractivity contribution >= 4 is 29.2 Å². The van der Waals surface area contributed by atoms with Gasteiger partial charge in [-0.3, -0.25) is 4.79 Å². The van der Waals surface area contributed by atoms with Crippen LogP contribution in [-0.4, -0.2) is 46.1 Å². The molecule has 0 radical (unpaired) electrons. The maximum absolute atomic E-state index is 12.5. The zero-order valence-corrected chi connectivity index (χ0v) is 18.3. The first kappa shape index (κ1) is 21.2. The number of likely N-dealkylation sites (tertiary alicyclic amines) is 1. The van der Waals surface area contributed by atoms with Crippen molar-refractivity contribution in [3.8, 4) is 0 Å². The summed E-state index contributed by atoms with van der Waals surface area (Å²) >= 11 is 1.15. The van der Waals surface area contributed by atoms with E-state index in [0.29, 0.717) is 36.1 Å². The molecule has 2 aromatic rings. The van der Waals surface area contributed by atoms with Crippen LogP contribution in [0, 0.1) is 12.8 Å². The number of piperidine rings is 1. The van der Waals surface area contributed by atoms with Crippen molar-refractivity contribution < 1.29 is 9.59 Å². The molecule has 0 bridgehead atoms. The molecule has 2 N–H and O–H groups in total. The number of hydrogen-bond acceptors (Lipinski definition) is 5. The number of rotatable bonds is 4. The lowest BCUT2D eigenvalue weighted by Crippen LogP contribution is -2.42. The third-order valence-electron chi connectivity index (χ3n) is 5.31. The molecule has 3 rings (SSSR count). The Kier molecular flexibility index (Phi) is 6.52. The minimum atomic E-state index is -0.196. The minimum Gasteiger partial charge on any atom is -0.338 e. The molecule has 1 aliphatic rings. The molecule has 3 amide bonds. The van der Waals surface area contributed by atoms with E-state index in [9.17, 15) is 9.59 Å². The second-order valence-electron chi connectivity index (χ2n) is 8.59. The molecule has 0 spiro atoms. The Morgan fingerprint density at radius 2 is 1.83 bits per heavy atom. The summed E-state index contributed by atoms with van der Waals surface area (Å²) in [6.45, 7) is 10.3. The van der Waals surface area contributed by atoms with Crippen LogP contribution in [-0.2, 0) is 5.41 Å². The Labute approximate surface area is 176 Å². The molecule has 1 saturated heterocycles. The Bertz CT molecular complexity index is 849. The van der Waals surface area contributed by atoms with Gasteiger partial charge < -0.3 is 15.5 Å². The highest BCUT2D eigenvalue weighted by Gasteiger charge is 2.26. The smallest absolute Gasteiger partial charge is 0.319 e. The number of nitrogens with one attached hydrogen (secondary N) is 2. The summed E-state index contributed by atoms with van der Waals surface area (Å²) in [6, 6.07) is 7.75. The van der Waals surface area contributed by atoms with Crippen LogP contribution in [0.2, 0.25) is 0 Å². The molecular weight excluding hydrogens is 386 g/mol. The van der Waals surface area contributed by atoms with Gasteiger partial charge in [-0.15, -0.1) is 5.10 Å². The van der Waals surface area contributed by atoms with E-state index in [-0.39, 0.29) is 17.4 Å². The summed E-state index contributed by atoms with van der Waals surface area (Å²) in [6.07, 6.45) is 1.75. The number of benzene rings is 1. The van der Waals surface area contributed by atoms with E-state index in [1.165, 1.54) is 5.56 Å². The van der Waals surface area contributed by atoms with Gasteiger partial charge in [0.15, 0.2) is 0 Å². The topological polar surface area (TPSA) is 87.2 Å². The van der Waals surface area contributed by atoms with Crippen LogP contribution in [0.4, 0.5) is 10.5 Å². The molecule has 29 heavy (non-hydrogen) atoms. The van der Waals surface area contributed by atoms with E-state index in [1.54, 1.807) is 0 Å². The van der Waals surface area contributed by atoms with Crippen LogP contribution >= 0.6 is 11.5 Å². The van der Waals surface area contributed by atoms with E-state index in [4.69, 9.17) is 0 Å². The molecule has 7 nitrogen and oxygen atoms in total. The van der Waals surface area contributed by atoms with Crippen molar-refractivity contribution in [2.24, 2.45) is 5.92 Å². The molecule has 156 valence electrons. The highest BCUT2D eigenvalue weighted by molar-refractivity contribution is 7.07. The Balaban J connectivity index is 1.41. The summed E-state index contributed by atoms with van der Waals surface area (Å²) in [5.74, 6) is 0.383. The van der Waals surface area contributed by atoms with E-state index in [1.807, 2.05) is 36.1 Å². The highest BCUT2D eigenvalue weighted by atomic mass is 32.1. The molecule has 0 saturated carbocycles. The minimum absolute atomic E-state index is 0.0142.